The zero-order valence-corrected chi connectivity index (χ0v) is 10.8. The molecule has 1 rings (SSSR count). The van der Waals surface area contributed by atoms with Gasteiger partial charge < -0.3 is 4.90 Å². The molecule has 5 heteroatoms. The molecule has 0 aliphatic carbocycles. The Labute approximate surface area is 97.9 Å². The summed E-state index contributed by atoms with van der Waals surface area (Å²) >= 11 is 3.37. The fourth-order valence-corrected chi connectivity index (χ4v) is 1.63. The molecular formula is C10H15BrFN3. The monoisotopic (exact) mass is 275 g/mol. The quantitative estimate of drug-likeness (QED) is 0.791. The third kappa shape index (κ3) is 2.65. The van der Waals surface area contributed by atoms with Gasteiger partial charge in [0.2, 0.25) is 0 Å². The molecule has 0 bridgehead atoms. The first-order valence-electron chi connectivity index (χ1n) is 4.90. The van der Waals surface area contributed by atoms with Gasteiger partial charge in [-0.05, 0) is 13.3 Å². The highest BCUT2D eigenvalue weighted by Gasteiger charge is 2.16. The van der Waals surface area contributed by atoms with E-state index in [4.69, 9.17) is 0 Å². The molecule has 1 heterocycles. The highest BCUT2D eigenvalue weighted by atomic mass is 79.9. The number of hydrogen-bond acceptors (Lipinski definition) is 3. The van der Waals surface area contributed by atoms with Crippen molar-refractivity contribution < 1.29 is 4.39 Å². The Morgan fingerprint density at radius 2 is 2.20 bits per heavy atom. The zero-order valence-electron chi connectivity index (χ0n) is 9.17. The molecule has 0 saturated heterocycles. The van der Waals surface area contributed by atoms with Gasteiger partial charge in [0, 0.05) is 18.4 Å². The second-order valence-corrected chi connectivity index (χ2v) is 4.07. The van der Waals surface area contributed by atoms with Gasteiger partial charge in [0.1, 0.15) is 6.33 Å². The van der Waals surface area contributed by atoms with E-state index in [9.17, 15) is 4.39 Å². The fourth-order valence-electron chi connectivity index (χ4n) is 1.20. The second kappa shape index (κ2) is 5.39. The van der Waals surface area contributed by atoms with Gasteiger partial charge >= 0.3 is 0 Å². The molecule has 0 aliphatic rings. The van der Waals surface area contributed by atoms with Crippen molar-refractivity contribution in [1.82, 2.24) is 9.97 Å². The van der Waals surface area contributed by atoms with Gasteiger partial charge in [-0.1, -0.05) is 22.9 Å². The minimum absolute atomic E-state index is 0.194. The van der Waals surface area contributed by atoms with Crippen molar-refractivity contribution in [1.29, 1.82) is 0 Å². The Morgan fingerprint density at radius 1 is 1.53 bits per heavy atom. The molecule has 1 aromatic rings. The van der Waals surface area contributed by atoms with Crippen LogP contribution in [-0.4, -0.2) is 28.4 Å². The molecule has 1 aromatic heterocycles. The molecular weight excluding hydrogens is 261 g/mol. The first kappa shape index (κ1) is 12.4. The smallest absolute Gasteiger partial charge is 0.187 e. The summed E-state index contributed by atoms with van der Waals surface area (Å²) in [4.78, 5) is 9.69. The van der Waals surface area contributed by atoms with Gasteiger partial charge in [-0.2, -0.15) is 0 Å². The van der Waals surface area contributed by atoms with Crippen LogP contribution in [0, 0.1) is 5.82 Å². The first-order valence-corrected chi connectivity index (χ1v) is 6.02. The summed E-state index contributed by atoms with van der Waals surface area (Å²) in [7, 11) is 1.83. The number of hydrogen-bond donors (Lipinski definition) is 0. The van der Waals surface area contributed by atoms with E-state index in [1.807, 2.05) is 25.8 Å². The molecule has 0 N–H and O–H groups in total. The molecule has 0 spiro atoms. The van der Waals surface area contributed by atoms with Crippen molar-refractivity contribution in [2.45, 2.75) is 26.3 Å². The van der Waals surface area contributed by atoms with Crippen molar-refractivity contribution in [3.63, 3.8) is 0 Å². The van der Waals surface area contributed by atoms with Gasteiger partial charge in [-0.25, -0.2) is 14.4 Å². The number of rotatable bonds is 4. The van der Waals surface area contributed by atoms with Gasteiger partial charge in [0.05, 0.1) is 5.69 Å². The van der Waals surface area contributed by atoms with Crippen LogP contribution < -0.4 is 4.90 Å². The fraction of sp³-hybridized carbons (Fsp3) is 0.600. The number of nitrogens with zero attached hydrogens (tertiary/aromatic N) is 3. The Hall–Kier alpha value is -0.710. The molecule has 3 nitrogen and oxygen atoms in total. The average molecular weight is 276 g/mol. The maximum atomic E-state index is 13.8. The molecule has 15 heavy (non-hydrogen) atoms. The lowest BCUT2D eigenvalue weighted by Crippen LogP contribution is -2.32. The number of aryl methyl sites for hydroxylation is 1. The molecule has 0 aromatic carbocycles. The van der Waals surface area contributed by atoms with Crippen LogP contribution in [0.5, 0.6) is 0 Å². The number of anilines is 1. The van der Waals surface area contributed by atoms with Gasteiger partial charge in [-0.3, -0.25) is 0 Å². The van der Waals surface area contributed by atoms with E-state index in [0.29, 0.717) is 17.9 Å². The summed E-state index contributed by atoms with van der Waals surface area (Å²) < 4.78 is 13.8. The van der Waals surface area contributed by atoms with Crippen molar-refractivity contribution in [3.05, 3.63) is 17.8 Å². The molecule has 0 saturated carbocycles. The van der Waals surface area contributed by atoms with E-state index in [-0.39, 0.29) is 11.9 Å². The predicted molar refractivity (Wildman–Crippen MR) is 63.0 cm³/mol. The third-order valence-corrected chi connectivity index (χ3v) is 3.33. The summed E-state index contributed by atoms with van der Waals surface area (Å²) in [6.45, 7) is 3.88. The molecule has 0 radical (unpaired) electrons. The molecule has 1 atom stereocenters. The Morgan fingerprint density at radius 3 is 2.73 bits per heavy atom. The summed E-state index contributed by atoms with van der Waals surface area (Å²) in [5.74, 6) is 0.0594. The number of alkyl halides is 1. The topological polar surface area (TPSA) is 29.0 Å². The number of halogens is 2. The minimum atomic E-state index is -0.310. The lowest BCUT2D eigenvalue weighted by molar-refractivity contribution is 0.581. The van der Waals surface area contributed by atoms with Crippen LogP contribution in [0.15, 0.2) is 6.33 Å². The van der Waals surface area contributed by atoms with Crippen molar-refractivity contribution in [2.75, 3.05) is 17.3 Å². The van der Waals surface area contributed by atoms with Crippen LogP contribution in [0.1, 0.15) is 19.5 Å². The maximum absolute atomic E-state index is 13.8. The van der Waals surface area contributed by atoms with E-state index in [0.717, 1.165) is 5.33 Å². The van der Waals surface area contributed by atoms with Gasteiger partial charge in [0.15, 0.2) is 11.6 Å². The van der Waals surface area contributed by atoms with Crippen molar-refractivity contribution in [2.24, 2.45) is 0 Å². The van der Waals surface area contributed by atoms with E-state index < -0.39 is 0 Å². The molecule has 0 aliphatic heterocycles. The highest BCUT2D eigenvalue weighted by Crippen LogP contribution is 2.19. The van der Waals surface area contributed by atoms with E-state index >= 15 is 0 Å². The van der Waals surface area contributed by atoms with E-state index in [1.54, 1.807) is 0 Å². The normalized spacial score (nSPS) is 12.6. The van der Waals surface area contributed by atoms with Gasteiger partial charge in [-0.15, -0.1) is 0 Å². The standard InChI is InChI=1S/C10H15BrFN3/c1-4-8-9(12)10(14-6-13-8)15(3)7(2)5-11/h6-7H,4-5H2,1-3H3. The largest absolute Gasteiger partial charge is 0.354 e. The summed E-state index contributed by atoms with van der Waals surface area (Å²) in [5, 5.41) is 0.772. The minimum Gasteiger partial charge on any atom is -0.354 e. The third-order valence-electron chi connectivity index (χ3n) is 2.40. The summed E-state index contributed by atoms with van der Waals surface area (Å²) in [5.41, 5.74) is 0.466. The van der Waals surface area contributed by atoms with Crippen LogP contribution in [-0.2, 0) is 6.42 Å². The van der Waals surface area contributed by atoms with E-state index in [1.165, 1.54) is 6.33 Å². The van der Waals surface area contributed by atoms with Crippen LogP contribution >= 0.6 is 15.9 Å². The lowest BCUT2D eigenvalue weighted by Gasteiger charge is -2.24. The van der Waals surface area contributed by atoms with Crippen LogP contribution in [0.2, 0.25) is 0 Å². The van der Waals surface area contributed by atoms with Crippen LogP contribution in [0.4, 0.5) is 10.2 Å². The number of aromatic nitrogens is 2. The first-order chi connectivity index (χ1) is 7.11. The Bertz CT molecular complexity index is 332. The molecule has 84 valence electrons. The average Bonchev–Trinajstić information content (AvgIpc) is 2.27. The zero-order chi connectivity index (χ0) is 11.4. The van der Waals surface area contributed by atoms with Crippen LogP contribution in [0.25, 0.3) is 0 Å². The Balaban J connectivity index is 3.03. The van der Waals surface area contributed by atoms with E-state index in [2.05, 4.69) is 25.9 Å². The summed E-state index contributed by atoms with van der Waals surface area (Å²) in [6, 6.07) is 0.194. The van der Waals surface area contributed by atoms with Crippen LogP contribution in [0.3, 0.4) is 0 Å². The van der Waals surface area contributed by atoms with Crippen molar-refractivity contribution in [3.8, 4) is 0 Å². The SMILES string of the molecule is CCc1ncnc(N(C)C(C)CBr)c1F. The predicted octanol–water partition coefficient (Wildman–Crippen LogP) is 2.40. The van der Waals surface area contributed by atoms with Crippen molar-refractivity contribution >= 4 is 21.7 Å². The lowest BCUT2D eigenvalue weighted by atomic mass is 10.2. The summed E-state index contributed by atoms with van der Waals surface area (Å²) in [6.07, 6.45) is 1.99. The maximum Gasteiger partial charge on any atom is 0.187 e. The Kier molecular flexibility index (Phi) is 4.45. The molecule has 0 amide bonds. The van der Waals surface area contributed by atoms with Gasteiger partial charge in [0.25, 0.3) is 0 Å². The highest BCUT2D eigenvalue weighted by molar-refractivity contribution is 9.09. The molecule has 1 unspecified atom stereocenters. The second-order valence-electron chi connectivity index (χ2n) is 3.43. The molecule has 0 fully saturated rings.